The number of ether oxygens (including phenoxy) is 1. The van der Waals surface area contributed by atoms with Gasteiger partial charge in [-0.1, -0.05) is 70.1 Å². The summed E-state index contributed by atoms with van der Waals surface area (Å²) in [6, 6.07) is 12.0. The molecule has 2 fully saturated rings. The number of methoxy groups -OCH3 is 1. The maximum atomic E-state index is 13.9. The first-order valence-corrected chi connectivity index (χ1v) is 13.8. The van der Waals surface area contributed by atoms with Gasteiger partial charge in [-0.25, -0.2) is 5.01 Å². The lowest BCUT2D eigenvalue weighted by atomic mass is 9.84. The van der Waals surface area contributed by atoms with Crippen molar-refractivity contribution in [2.24, 2.45) is 11.8 Å². The molecule has 3 aliphatic rings. The fourth-order valence-electron chi connectivity index (χ4n) is 5.23. The number of alkyl halides is 4. The second kappa shape index (κ2) is 9.69. The molecule has 0 aromatic heterocycles. The molecule has 5 rings (SSSR count). The number of hydrogen-bond donors (Lipinski definition) is 0. The lowest BCUT2D eigenvalue weighted by Gasteiger charge is -2.36. The van der Waals surface area contributed by atoms with Crippen LogP contribution in [0.25, 0.3) is 0 Å². The van der Waals surface area contributed by atoms with Crippen LogP contribution in [0.1, 0.15) is 20.7 Å². The zero-order valence-electron chi connectivity index (χ0n) is 19.6. The maximum Gasteiger partial charge on any atom is 0.274 e. The molecule has 1 heterocycles. The number of nitrogens with zero attached hydrogens (tertiary/aromatic N) is 2. The van der Waals surface area contributed by atoms with Crippen LogP contribution in [0.15, 0.2) is 58.6 Å². The van der Waals surface area contributed by atoms with Crippen molar-refractivity contribution in [3.05, 3.63) is 74.7 Å². The smallest absolute Gasteiger partial charge is 0.274 e. The Balaban J connectivity index is 1.59. The summed E-state index contributed by atoms with van der Waals surface area (Å²) in [6.07, 6.45) is 0. The third-order valence-corrected chi connectivity index (χ3v) is 11.8. The Morgan fingerprint density at radius 3 is 1.87 bits per heavy atom. The van der Waals surface area contributed by atoms with Crippen molar-refractivity contribution in [1.29, 1.82) is 0 Å². The Morgan fingerprint density at radius 2 is 1.38 bits per heavy atom. The van der Waals surface area contributed by atoms with Crippen molar-refractivity contribution < 1.29 is 23.9 Å². The molecule has 1 saturated carbocycles. The minimum atomic E-state index is -2.15. The molecule has 204 valence electrons. The molecular weight excluding hydrogens is 656 g/mol. The zero-order chi connectivity index (χ0) is 28.7. The van der Waals surface area contributed by atoms with E-state index in [0.29, 0.717) is 15.8 Å². The highest BCUT2D eigenvalue weighted by molar-refractivity contribution is 6.66. The van der Waals surface area contributed by atoms with Gasteiger partial charge in [-0.05, 0) is 36.4 Å². The third kappa shape index (κ3) is 3.71. The van der Waals surface area contributed by atoms with Crippen molar-refractivity contribution in [3.63, 3.8) is 0 Å². The van der Waals surface area contributed by atoms with E-state index in [0.717, 1.165) is 0 Å². The number of ketones is 1. The highest BCUT2D eigenvalue weighted by atomic mass is 35.5. The van der Waals surface area contributed by atoms with Crippen LogP contribution in [0, 0.1) is 11.8 Å². The Morgan fingerprint density at radius 1 is 0.872 bits per heavy atom. The fourth-order valence-corrected chi connectivity index (χ4v) is 8.38. The topological polar surface area (TPSA) is 84.0 Å². The number of amides is 3. The van der Waals surface area contributed by atoms with Gasteiger partial charge in [0.2, 0.25) is 0 Å². The van der Waals surface area contributed by atoms with Gasteiger partial charge in [0.25, 0.3) is 17.7 Å². The molecule has 0 radical (unpaired) electrons. The van der Waals surface area contributed by atoms with Crippen LogP contribution < -0.4 is 4.74 Å². The van der Waals surface area contributed by atoms with E-state index in [1.807, 2.05) is 0 Å². The maximum absolute atomic E-state index is 13.9. The largest absolute Gasteiger partial charge is 0.497 e. The van der Waals surface area contributed by atoms with Gasteiger partial charge in [-0.2, -0.15) is 5.01 Å². The number of rotatable bonds is 6. The van der Waals surface area contributed by atoms with E-state index in [-0.39, 0.29) is 26.2 Å². The van der Waals surface area contributed by atoms with Crippen LogP contribution in [0.3, 0.4) is 0 Å². The third-order valence-electron chi connectivity index (χ3n) is 7.17. The molecule has 1 aliphatic heterocycles. The van der Waals surface area contributed by atoms with E-state index < -0.39 is 56.0 Å². The minimum absolute atomic E-state index is 0.0275. The number of hydrogen-bond acceptors (Lipinski definition) is 5. The van der Waals surface area contributed by atoms with E-state index >= 15 is 0 Å². The van der Waals surface area contributed by atoms with Crippen LogP contribution >= 0.6 is 81.2 Å². The minimum Gasteiger partial charge on any atom is -0.497 e. The predicted molar refractivity (Wildman–Crippen MR) is 149 cm³/mol. The molecule has 2 bridgehead atoms. The van der Waals surface area contributed by atoms with Gasteiger partial charge < -0.3 is 4.74 Å². The number of allylic oxidation sites excluding steroid dienone is 2. The standard InChI is InChI=1S/C25H15Cl7N2O5/c1-39-12-8-6-11(7-9-12)15(35)10-33(20(36)13-4-2-3-5-14(13)26)34-21(37)16-17(22(34)38)24(30)19(28)18(27)23(16,29)25(24,31)32/h2-9,16-17H,10H2,1H3/t16-,17-,23-,24-/m1/s1. The number of halogens is 7. The number of benzene rings is 2. The van der Waals surface area contributed by atoms with E-state index in [4.69, 9.17) is 85.9 Å². The summed E-state index contributed by atoms with van der Waals surface area (Å²) in [5, 5.41) is 0.684. The number of carbonyl (C=O) groups excluding carboxylic acids is 4. The average Bonchev–Trinajstić information content (AvgIpc) is 3.30. The quantitative estimate of drug-likeness (QED) is 0.213. The monoisotopic (exact) mass is 668 g/mol. The van der Waals surface area contributed by atoms with E-state index in [1.54, 1.807) is 18.2 Å². The van der Waals surface area contributed by atoms with Crippen molar-refractivity contribution >= 4 is 105 Å². The van der Waals surface area contributed by atoms with Crippen LogP contribution in [-0.2, 0) is 9.59 Å². The Kier molecular flexibility index (Phi) is 7.16. The molecule has 39 heavy (non-hydrogen) atoms. The molecule has 4 atom stereocenters. The summed E-state index contributed by atoms with van der Waals surface area (Å²) in [7, 11) is 1.46. The first kappa shape index (κ1) is 28.8. The molecule has 0 N–H and O–H groups in total. The van der Waals surface area contributed by atoms with Crippen molar-refractivity contribution in [3.8, 4) is 5.75 Å². The van der Waals surface area contributed by atoms with E-state index in [2.05, 4.69) is 0 Å². The second-order valence-electron chi connectivity index (χ2n) is 9.06. The first-order valence-electron chi connectivity index (χ1n) is 11.2. The average molecular weight is 672 g/mol. The van der Waals surface area contributed by atoms with Gasteiger partial charge in [-0.3, -0.25) is 19.2 Å². The van der Waals surface area contributed by atoms with Crippen LogP contribution in [0.4, 0.5) is 0 Å². The Hall–Kier alpha value is -1.71. The summed E-state index contributed by atoms with van der Waals surface area (Å²) in [5.41, 5.74) is 0.116. The molecule has 2 aromatic carbocycles. The summed E-state index contributed by atoms with van der Waals surface area (Å²) >= 11 is 45.6. The summed E-state index contributed by atoms with van der Waals surface area (Å²) < 4.78 is 2.96. The normalized spacial score (nSPS) is 28.7. The SMILES string of the molecule is COc1ccc(C(=O)CN(C(=O)c2ccccc2Cl)N2C(=O)[C@H]3[C@H](C2=O)[C@@]2(Cl)C(Cl)=C(Cl)[C@@]3(Cl)C2(Cl)Cl)cc1. The molecule has 0 unspecified atom stereocenters. The molecule has 1 saturated heterocycles. The molecule has 0 spiro atoms. The van der Waals surface area contributed by atoms with Crippen LogP contribution in [0.2, 0.25) is 5.02 Å². The number of imide groups is 1. The molecule has 2 aliphatic carbocycles. The molecule has 14 heteroatoms. The van der Waals surface area contributed by atoms with Crippen LogP contribution in [-0.4, -0.2) is 61.3 Å². The first-order chi connectivity index (χ1) is 18.2. The van der Waals surface area contributed by atoms with E-state index in [1.165, 1.54) is 37.4 Å². The van der Waals surface area contributed by atoms with Gasteiger partial charge in [0.05, 0.1) is 39.6 Å². The fraction of sp³-hybridized carbons (Fsp3) is 0.280. The molecule has 3 amide bonds. The lowest BCUT2D eigenvalue weighted by Crippen LogP contribution is -2.56. The Bertz CT molecular complexity index is 1430. The number of fused-ring (bicyclic) bond motifs is 5. The van der Waals surface area contributed by atoms with Gasteiger partial charge in [-0.15, -0.1) is 23.2 Å². The Labute approximate surface area is 257 Å². The van der Waals surface area contributed by atoms with Gasteiger partial charge in [0, 0.05) is 5.56 Å². The number of carbonyl (C=O) groups is 4. The van der Waals surface area contributed by atoms with Crippen molar-refractivity contribution in [2.75, 3.05) is 13.7 Å². The summed E-state index contributed by atoms with van der Waals surface area (Å²) in [6.45, 7) is -0.723. The van der Waals surface area contributed by atoms with Gasteiger partial charge in [0.15, 0.2) is 10.1 Å². The lowest BCUT2D eigenvalue weighted by molar-refractivity contribution is -0.154. The van der Waals surface area contributed by atoms with Crippen molar-refractivity contribution in [1.82, 2.24) is 10.0 Å². The highest BCUT2D eigenvalue weighted by Crippen LogP contribution is 2.77. The molecule has 7 nitrogen and oxygen atoms in total. The van der Waals surface area contributed by atoms with Gasteiger partial charge >= 0.3 is 0 Å². The predicted octanol–water partition coefficient (Wildman–Crippen LogP) is 6.04. The van der Waals surface area contributed by atoms with E-state index in [9.17, 15) is 19.2 Å². The van der Waals surface area contributed by atoms with Crippen molar-refractivity contribution in [2.45, 2.75) is 14.1 Å². The number of Topliss-reactive ketones (excluding diaryl/α,β-unsaturated/α-hetero) is 1. The summed E-state index contributed by atoms with van der Waals surface area (Å²) in [4.78, 5) is 50.7. The zero-order valence-corrected chi connectivity index (χ0v) is 24.9. The molecule has 2 aromatic rings. The highest BCUT2D eigenvalue weighted by Gasteiger charge is 2.88. The number of hydrazine groups is 1. The van der Waals surface area contributed by atoms with Crippen LogP contribution in [0.5, 0.6) is 5.75 Å². The second-order valence-corrected chi connectivity index (χ2v) is 12.7. The summed E-state index contributed by atoms with van der Waals surface area (Å²) in [5.74, 6) is -5.97. The van der Waals surface area contributed by atoms with Gasteiger partial charge in [0.1, 0.15) is 22.0 Å². The molecular formula is C25H15Cl7N2O5.